The van der Waals surface area contributed by atoms with Crippen LogP contribution in [-0.2, 0) is 15.9 Å². The number of ether oxygens (including phenoxy) is 4. The van der Waals surface area contributed by atoms with Gasteiger partial charge in [-0.3, -0.25) is 0 Å². The minimum atomic E-state index is 0.159. The molecule has 0 aliphatic carbocycles. The van der Waals surface area contributed by atoms with E-state index in [1.165, 1.54) is 22.3 Å². The highest BCUT2D eigenvalue weighted by molar-refractivity contribution is 5.48. The van der Waals surface area contributed by atoms with Crippen LogP contribution in [0, 0.1) is 13.8 Å². The van der Waals surface area contributed by atoms with Crippen molar-refractivity contribution in [2.24, 2.45) is 0 Å². The fourth-order valence-electron chi connectivity index (χ4n) is 3.47. The highest BCUT2D eigenvalue weighted by atomic mass is 16.5. The van der Waals surface area contributed by atoms with E-state index >= 15 is 0 Å². The first-order valence-electron chi connectivity index (χ1n) is 12.0. The average molecular weight is 461 g/mol. The fraction of sp³-hybridized carbons (Fsp3) is 0.556. The molecule has 0 radical (unpaired) electrons. The maximum Gasteiger partial charge on any atom is 0.123 e. The van der Waals surface area contributed by atoms with Gasteiger partial charge in [-0.25, -0.2) is 0 Å². The van der Waals surface area contributed by atoms with Crippen LogP contribution in [0.25, 0.3) is 0 Å². The number of rotatable bonds is 18. The zero-order valence-electron chi connectivity index (χ0n) is 20.2. The Labute approximate surface area is 198 Å². The smallest absolute Gasteiger partial charge is 0.123 e. The Morgan fingerprint density at radius 2 is 1.00 bits per heavy atom. The van der Waals surface area contributed by atoms with E-state index in [2.05, 4.69) is 26.0 Å². The molecule has 0 aliphatic heterocycles. The normalized spacial score (nSPS) is 11.0. The minimum absolute atomic E-state index is 0.159. The number of aliphatic hydroxyl groups excluding tert-OH is 2. The molecular weight excluding hydrogens is 420 g/mol. The largest absolute Gasteiger partial charge is 0.493 e. The lowest BCUT2D eigenvalue weighted by molar-refractivity contribution is 0.104. The Balaban J connectivity index is 1.96. The molecule has 184 valence electrons. The summed E-state index contributed by atoms with van der Waals surface area (Å²) >= 11 is 0. The molecule has 0 bridgehead atoms. The molecular formula is C27H40O6. The Hall–Kier alpha value is -2.12. The highest BCUT2D eigenvalue weighted by Gasteiger charge is 2.14. The second kappa shape index (κ2) is 16.5. The van der Waals surface area contributed by atoms with Gasteiger partial charge in [-0.1, -0.05) is 24.3 Å². The third-order valence-corrected chi connectivity index (χ3v) is 5.36. The summed E-state index contributed by atoms with van der Waals surface area (Å²) in [6.45, 7) is 8.13. The van der Waals surface area contributed by atoms with Crippen molar-refractivity contribution in [3.63, 3.8) is 0 Å². The monoisotopic (exact) mass is 460 g/mol. The predicted octanol–water partition coefficient (Wildman–Crippen LogP) is 4.23. The van der Waals surface area contributed by atoms with Gasteiger partial charge in [0.15, 0.2) is 0 Å². The summed E-state index contributed by atoms with van der Waals surface area (Å²) in [5, 5.41) is 17.6. The Morgan fingerprint density at radius 1 is 0.576 bits per heavy atom. The SMILES string of the molecule is Cc1cccc(OCCCOCCCO)c1Cc1c(C)cccc1OCCCOCCCO. The Kier molecular flexibility index (Phi) is 13.6. The molecule has 0 amide bonds. The van der Waals surface area contributed by atoms with E-state index in [-0.39, 0.29) is 13.2 Å². The Morgan fingerprint density at radius 3 is 1.42 bits per heavy atom. The number of hydrogen-bond donors (Lipinski definition) is 2. The number of aryl methyl sites for hydroxylation is 2. The molecule has 0 saturated carbocycles. The first-order chi connectivity index (χ1) is 16.2. The van der Waals surface area contributed by atoms with Gasteiger partial charge in [0.1, 0.15) is 11.5 Å². The van der Waals surface area contributed by atoms with Gasteiger partial charge in [-0.15, -0.1) is 0 Å². The van der Waals surface area contributed by atoms with Gasteiger partial charge in [0.25, 0.3) is 0 Å². The third kappa shape index (κ3) is 10.1. The van der Waals surface area contributed by atoms with Crippen LogP contribution < -0.4 is 9.47 Å². The zero-order chi connectivity index (χ0) is 23.7. The van der Waals surface area contributed by atoms with Crippen molar-refractivity contribution in [3.8, 4) is 11.5 Å². The first-order valence-corrected chi connectivity index (χ1v) is 12.0. The average Bonchev–Trinajstić information content (AvgIpc) is 2.81. The van der Waals surface area contributed by atoms with Crippen LogP contribution in [0.15, 0.2) is 36.4 Å². The molecule has 0 unspecified atom stereocenters. The molecule has 6 nitrogen and oxygen atoms in total. The fourth-order valence-corrected chi connectivity index (χ4v) is 3.47. The van der Waals surface area contributed by atoms with Crippen molar-refractivity contribution in [1.82, 2.24) is 0 Å². The van der Waals surface area contributed by atoms with Gasteiger partial charge < -0.3 is 29.2 Å². The molecule has 2 aromatic rings. The van der Waals surface area contributed by atoms with Crippen molar-refractivity contribution in [3.05, 3.63) is 58.7 Å². The van der Waals surface area contributed by atoms with E-state index < -0.39 is 0 Å². The number of benzene rings is 2. The summed E-state index contributed by atoms with van der Waals surface area (Å²) in [6, 6.07) is 12.3. The molecule has 2 rings (SSSR count). The topological polar surface area (TPSA) is 77.4 Å². The first kappa shape index (κ1) is 27.1. The second-order valence-corrected chi connectivity index (χ2v) is 8.06. The van der Waals surface area contributed by atoms with Crippen molar-refractivity contribution < 1.29 is 29.2 Å². The summed E-state index contributed by atoms with van der Waals surface area (Å²) in [5.74, 6) is 1.80. The lowest BCUT2D eigenvalue weighted by Crippen LogP contribution is -2.08. The van der Waals surface area contributed by atoms with Gasteiger partial charge in [0, 0.05) is 70.0 Å². The van der Waals surface area contributed by atoms with Gasteiger partial charge in [-0.05, 0) is 49.9 Å². The van der Waals surface area contributed by atoms with Crippen LogP contribution in [0.2, 0.25) is 0 Å². The molecule has 0 heterocycles. The Bertz CT molecular complexity index is 727. The van der Waals surface area contributed by atoms with E-state index in [9.17, 15) is 0 Å². The van der Waals surface area contributed by atoms with Crippen LogP contribution >= 0.6 is 0 Å². The standard InChI is InChI=1S/C27H40O6/c1-22-9-3-11-26(32-19-7-17-30-15-5-13-28)24(22)21-25-23(2)10-4-12-27(25)33-20-8-18-31-16-6-14-29/h3-4,9-12,28-29H,5-8,13-21H2,1-2H3. The molecule has 0 aromatic heterocycles. The number of aliphatic hydroxyl groups is 2. The van der Waals surface area contributed by atoms with E-state index in [1.807, 2.05) is 24.3 Å². The predicted molar refractivity (Wildman–Crippen MR) is 130 cm³/mol. The van der Waals surface area contributed by atoms with E-state index in [4.69, 9.17) is 29.2 Å². The van der Waals surface area contributed by atoms with Crippen LogP contribution in [0.1, 0.15) is 47.9 Å². The molecule has 0 atom stereocenters. The quantitative estimate of drug-likeness (QED) is 0.324. The lowest BCUT2D eigenvalue weighted by Gasteiger charge is -2.18. The summed E-state index contributed by atoms with van der Waals surface area (Å²) in [4.78, 5) is 0. The molecule has 0 spiro atoms. The van der Waals surface area contributed by atoms with Gasteiger partial charge in [-0.2, -0.15) is 0 Å². The van der Waals surface area contributed by atoms with Gasteiger partial charge in [0.2, 0.25) is 0 Å². The zero-order valence-corrected chi connectivity index (χ0v) is 20.2. The van der Waals surface area contributed by atoms with E-state index in [0.717, 1.165) is 30.8 Å². The van der Waals surface area contributed by atoms with Crippen LogP contribution in [-0.4, -0.2) is 63.1 Å². The van der Waals surface area contributed by atoms with Crippen LogP contribution in [0.5, 0.6) is 11.5 Å². The molecule has 0 fully saturated rings. The molecule has 0 saturated heterocycles. The highest BCUT2D eigenvalue weighted by Crippen LogP contribution is 2.31. The van der Waals surface area contributed by atoms with Crippen molar-refractivity contribution in [1.29, 1.82) is 0 Å². The van der Waals surface area contributed by atoms with Crippen molar-refractivity contribution in [2.45, 2.75) is 46.0 Å². The van der Waals surface area contributed by atoms with E-state index in [0.29, 0.717) is 52.5 Å². The van der Waals surface area contributed by atoms with Gasteiger partial charge in [0.05, 0.1) is 13.2 Å². The van der Waals surface area contributed by atoms with Gasteiger partial charge >= 0.3 is 0 Å². The van der Waals surface area contributed by atoms with Crippen LogP contribution in [0.4, 0.5) is 0 Å². The summed E-state index contributed by atoms with van der Waals surface area (Å²) in [7, 11) is 0. The van der Waals surface area contributed by atoms with Crippen LogP contribution in [0.3, 0.4) is 0 Å². The van der Waals surface area contributed by atoms with Crippen molar-refractivity contribution >= 4 is 0 Å². The molecule has 2 aromatic carbocycles. The van der Waals surface area contributed by atoms with E-state index in [1.54, 1.807) is 0 Å². The molecule has 6 heteroatoms. The third-order valence-electron chi connectivity index (χ3n) is 5.36. The number of hydrogen-bond acceptors (Lipinski definition) is 6. The second-order valence-electron chi connectivity index (χ2n) is 8.06. The summed E-state index contributed by atoms with van der Waals surface area (Å²) in [5.41, 5.74) is 4.73. The molecule has 33 heavy (non-hydrogen) atoms. The summed E-state index contributed by atoms with van der Waals surface area (Å²) in [6.07, 6.45) is 3.68. The maximum atomic E-state index is 8.81. The summed E-state index contributed by atoms with van der Waals surface area (Å²) < 4.78 is 23.2. The molecule has 0 aliphatic rings. The van der Waals surface area contributed by atoms with Crippen molar-refractivity contribution in [2.75, 3.05) is 52.9 Å². The maximum absolute atomic E-state index is 8.81. The lowest BCUT2D eigenvalue weighted by atomic mass is 9.96. The minimum Gasteiger partial charge on any atom is -0.493 e. The molecule has 2 N–H and O–H groups in total.